The van der Waals surface area contributed by atoms with Gasteiger partial charge in [0.25, 0.3) is 0 Å². The summed E-state index contributed by atoms with van der Waals surface area (Å²) < 4.78 is 0. The molecule has 0 saturated heterocycles. The molecule has 0 aliphatic carbocycles. The highest BCUT2D eigenvalue weighted by Gasteiger charge is 2.12. The van der Waals surface area contributed by atoms with Crippen LogP contribution in [0.4, 0.5) is 0 Å². The van der Waals surface area contributed by atoms with Crippen molar-refractivity contribution >= 4 is 16.8 Å². The molecule has 0 aromatic carbocycles. The highest BCUT2D eigenvalue weighted by Crippen LogP contribution is 2.03. The number of halogens is 1. The fraction of sp³-hybridized carbons (Fsp3) is 0.400. The Hall–Kier alpha value is -0.540. The molecule has 1 rings (SSSR count). The maximum Gasteiger partial charge on any atom is 0.143 e. The van der Waals surface area contributed by atoms with E-state index in [0.717, 1.165) is 0 Å². The lowest BCUT2D eigenvalue weighted by molar-refractivity contribution is 0.410. The monoisotopic (exact) mass is 145 g/mol. The van der Waals surface area contributed by atoms with Gasteiger partial charge in [0.2, 0.25) is 0 Å². The first-order valence-corrected chi connectivity index (χ1v) is 2.97. The molecule has 0 saturated carbocycles. The normalized spacial score (nSPS) is 26.3. The van der Waals surface area contributed by atoms with Crippen molar-refractivity contribution in [1.29, 1.82) is 0 Å². The first-order chi connectivity index (χ1) is 4.22. The van der Waals surface area contributed by atoms with Crippen LogP contribution in [0.1, 0.15) is 0 Å². The molecule has 9 heavy (non-hydrogen) atoms. The molecule has 1 aliphatic rings. The van der Waals surface area contributed by atoms with Gasteiger partial charge in [0.05, 0.1) is 0 Å². The summed E-state index contributed by atoms with van der Waals surface area (Å²) in [5, 5.41) is 0.431. The molecular formula is C5H8ClN3. The van der Waals surface area contributed by atoms with Crippen LogP contribution < -0.4 is 5.73 Å². The Morgan fingerprint density at radius 3 is 3.00 bits per heavy atom. The lowest BCUT2D eigenvalue weighted by Gasteiger charge is -2.23. The first kappa shape index (κ1) is 6.58. The SMILES string of the molecule is CN1C=CN=C(Cl)C1N. The predicted molar refractivity (Wildman–Crippen MR) is 38.2 cm³/mol. The third kappa shape index (κ3) is 1.23. The topological polar surface area (TPSA) is 41.6 Å². The third-order valence-corrected chi connectivity index (χ3v) is 1.50. The molecule has 1 unspecified atom stereocenters. The van der Waals surface area contributed by atoms with Crippen LogP contribution in [0.2, 0.25) is 0 Å². The third-order valence-electron chi connectivity index (χ3n) is 1.18. The highest BCUT2D eigenvalue weighted by atomic mass is 35.5. The van der Waals surface area contributed by atoms with Crippen molar-refractivity contribution in [2.45, 2.75) is 6.17 Å². The predicted octanol–water partition coefficient (Wildman–Crippen LogP) is 0.325. The van der Waals surface area contributed by atoms with Crippen molar-refractivity contribution in [3.8, 4) is 0 Å². The lowest BCUT2D eigenvalue weighted by atomic mass is 10.4. The number of nitrogens with zero attached hydrogens (tertiary/aromatic N) is 2. The van der Waals surface area contributed by atoms with Gasteiger partial charge in [0.15, 0.2) is 0 Å². The number of aliphatic imine (C=N–C) groups is 1. The highest BCUT2D eigenvalue weighted by molar-refractivity contribution is 6.66. The van der Waals surface area contributed by atoms with Gasteiger partial charge in [0, 0.05) is 19.4 Å². The number of nitrogens with two attached hydrogens (primary N) is 1. The zero-order chi connectivity index (χ0) is 6.85. The van der Waals surface area contributed by atoms with Crippen LogP contribution in [0.5, 0.6) is 0 Å². The minimum absolute atomic E-state index is 0.267. The van der Waals surface area contributed by atoms with Gasteiger partial charge in [-0.25, -0.2) is 4.99 Å². The Morgan fingerprint density at radius 2 is 2.56 bits per heavy atom. The fourth-order valence-electron chi connectivity index (χ4n) is 0.547. The molecule has 0 fully saturated rings. The largest absolute Gasteiger partial charge is 0.358 e. The average molecular weight is 146 g/mol. The molecule has 1 atom stereocenters. The first-order valence-electron chi connectivity index (χ1n) is 2.59. The van der Waals surface area contributed by atoms with Crippen LogP contribution in [-0.4, -0.2) is 23.3 Å². The minimum Gasteiger partial charge on any atom is -0.358 e. The van der Waals surface area contributed by atoms with Gasteiger partial charge in [-0.2, -0.15) is 0 Å². The zero-order valence-electron chi connectivity index (χ0n) is 5.08. The van der Waals surface area contributed by atoms with E-state index >= 15 is 0 Å². The smallest absolute Gasteiger partial charge is 0.143 e. The second kappa shape index (κ2) is 2.37. The van der Waals surface area contributed by atoms with Crippen molar-refractivity contribution < 1.29 is 0 Å². The summed E-state index contributed by atoms with van der Waals surface area (Å²) in [6.07, 6.45) is 3.12. The van der Waals surface area contributed by atoms with Crippen LogP contribution in [0, 0.1) is 0 Å². The fourth-order valence-corrected chi connectivity index (χ4v) is 0.757. The van der Waals surface area contributed by atoms with Gasteiger partial charge in [-0.15, -0.1) is 0 Å². The maximum absolute atomic E-state index is 5.59. The lowest BCUT2D eigenvalue weighted by Crippen LogP contribution is -2.41. The van der Waals surface area contributed by atoms with Gasteiger partial charge in [-0.05, 0) is 0 Å². The molecule has 2 N–H and O–H groups in total. The van der Waals surface area contributed by atoms with E-state index in [1.807, 2.05) is 7.05 Å². The van der Waals surface area contributed by atoms with E-state index in [1.165, 1.54) is 0 Å². The Balaban J connectivity index is 2.73. The van der Waals surface area contributed by atoms with E-state index in [1.54, 1.807) is 17.3 Å². The van der Waals surface area contributed by atoms with Gasteiger partial charge < -0.3 is 10.6 Å². The summed E-state index contributed by atoms with van der Waals surface area (Å²) in [5.74, 6) is 0. The molecule has 0 aromatic rings. The molecule has 0 spiro atoms. The van der Waals surface area contributed by atoms with Gasteiger partial charge in [-0.1, -0.05) is 11.6 Å². The van der Waals surface area contributed by atoms with E-state index in [9.17, 15) is 0 Å². The zero-order valence-corrected chi connectivity index (χ0v) is 5.84. The standard InChI is InChI=1S/C5H8ClN3/c1-9-3-2-8-4(6)5(9)7/h2-3,5H,7H2,1H3. The van der Waals surface area contributed by atoms with Gasteiger partial charge in [-0.3, -0.25) is 0 Å². The quantitative estimate of drug-likeness (QED) is 0.534. The molecule has 1 heterocycles. The van der Waals surface area contributed by atoms with Gasteiger partial charge in [0.1, 0.15) is 11.3 Å². The molecule has 0 bridgehead atoms. The van der Waals surface area contributed by atoms with E-state index < -0.39 is 0 Å². The van der Waals surface area contributed by atoms with E-state index in [-0.39, 0.29) is 6.17 Å². The van der Waals surface area contributed by atoms with Crippen LogP contribution in [0.25, 0.3) is 0 Å². The molecular weight excluding hydrogens is 138 g/mol. The second-order valence-electron chi connectivity index (χ2n) is 1.86. The van der Waals surface area contributed by atoms with Crippen molar-refractivity contribution in [3.05, 3.63) is 12.4 Å². The molecule has 0 aromatic heterocycles. The molecule has 1 aliphatic heterocycles. The van der Waals surface area contributed by atoms with Crippen molar-refractivity contribution in [1.82, 2.24) is 4.90 Å². The molecule has 50 valence electrons. The molecule has 4 heteroatoms. The Kier molecular flexibility index (Phi) is 1.73. The molecule has 3 nitrogen and oxygen atoms in total. The number of hydrogen-bond acceptors (Lipinski definition) is 3. The van der Waals surface area contributed by atoms with Crippen molar-refractivity contribution in [3.63, 3.8) is 0 Å². The minimum atomic E-state index is -0.267. The number of rotatable bonds is 0. The maximum atomic E-state index is 5.59. The Morgan fingerprint density at radius 1 is 1.89 bits per heavy atom. The molecule has 0 amide bonds. The number of hydrogen-bond donors (Lipinski definition) is 1. The van der Waals surface area contributed by atoms with Crippen LogP contribution in [0.15, 0.2) is 17.4 Å². The average Bonchev–Trinajstić information content (AvgIpc) is 1.83. The summed E-state index contributed by atoms with van der Waals surface area (Å²) in [5.41, 5.74) is 5.53. The molecule has 0 radical (unpaired) electrons. The second-order valence-corrected chi connectivity index (χ2v) is 2.25. The van der Waals surface area contributed by atoms with E-state index in [2.05, 4.69) is 4.99 Å². The summed E-state index contributed by atoms with van der Waals surface area (Å²) in [6.45, 7) is 0. The van der Waals surface area contributed by atoms with Gasteiger partial charge >= 0.3 is 0 Å². The van der Waals surface area contributed by atoms with Crippen LogP contribution in [0.3, 0.4) is 0 Å². The summed E-state index contributed by atoms with van der Waals surface area (Å²) >= 11 is 5.59. The van der Waals surface area contributed by atoms with Crippen molar-refractivity contribution in [2.24, 2.45) is 10.7 Å². The van der Waals surface area contributed by atoms with Crippen LogP contribution in [-0.2, 0) is 0 Å². The Labute approximate surface area is 58.8 Å². The van der Waals surface area contributed by atoms with Crippen LogP contribution >= 0.6 is 11.6 Å². The van der Waals surface area contributed by atoms with Crippen molar-refractivity contribution in [2.75, 3.05) is 7.05 Å². The van der Waals surface area contributed by atoms with E-state index in [0.29, 0.717) is 5.17 Å². The van der Waals surface area contributed by atoms with E-state index in [4.69, 9.17) is 17.3 Å². The summed E-state index contributed by atoms with van der Waals surface area (Å²) in [4.78, 5) is 5.58. The summed E-state index contributed by atoms with van der Waals surface area (Å²) in [6, 6.07) is 0. The summed E-state index contributed by atoms with van der Waals surface area (Å²) in [7, 11) is 1.85. The Bertz CT molecular complexity index is 164.